The average Bonchev–Trinajstić information content (AvgIpc) is 3.18. The summed E-state index contributed by atoms with van der Waals surface area (Å²) in [5.41, 5.74) is 3.06. The summed E-state index contributed by atoms with van der Waals surface area (Å²) in [6.07, 6.45) is 4.34. The average molecular weight is 453 g/mol. The molecule has 1 aliphatic carbocycles. The maximum absolute atomic E-state index is 13.3. The fraction of sp³-hybridized carbons (Fsp3) is 0.520. The third kappa shape index (κ3) is 5.24. The number of hydrogen-bond donors (Lipinski definition) is 0. The van der Waals surface area contributed by atoms with Gasteiger partial charge in [-0.3, -0.25) is 14.3 Å². The molecule has 0 radical (unpaired) electrons. The van der Waals surface area contributed by atoms with E-state index < -0.39 is 0 Å². The van der Waals surface area contributed by atoms with E-state index in [0.717, 1.165) is 42.5 Å². The van der Waals surface area contributed by atoms with Crippen LogP contribution in [-0.4, -0.2) is 39.7 Å². The molecule has 8 heteroatoms. The molecule has 2 heterocycles. The number of benzene rings is 1. The highest BCUT2D eigenvalue weighted by atomic mass is 19.1. The highest BCUT2D eigenvalue weighted by Crippen LogP contribution is 2.33. The van der Waals surface area contributed by atoms with Gasteiger partial charge in [0.15, 0.2) is 5.69 Å². The predicted molar refractivity (Wildman–Crippen MR) is 118 cm³/mol. The molecule has 0 bridgehead atoms. The zero-order valence-corrected chi connectivity index (χ0v) is 18.9. The molecule has 1 fully saturated rings. The van der Waals surface area contributed by atoms with Crippen molar-refractivity contribution in [2.75, 3.05) is 13.2 Å². The Labute approximate surface area is 193 Å². The minimum atomic E-state index is -0.299. The number of hydrogen-bond acceptors (Lipinski definition) is 5. The summed E-state index contributed by atoms with van der Waals surface area (Å²) in [7, 11) is 0. The molecule has 7 nitrogen and oxygen atoms in total. The molecule has 1 amide bonds. The third-order valence-electron chi connectivity index (χ3n) is 6.77. The van der Waals surface area contributed by atoms with Crippen molar-refractivity contribution in [1.29, 1.82) is 5.26 Å². The minimum Gasteiger partial charge on any atom is -0.466 e. The number of amides is 1. The minimum absolute atomic E-state index is 0.0425. The van der Waals surface area contributed by atoms with Crippen LogP contribution in [0, 0.1) is 29.0 Å². The van der Waals surface area contributed by atoms with Crippen molar-refractivity contribution in [3.63, 3.8) is 0 Å². The van der Waals surface area contributed by atoms with E-state index in [2.05, 4.69) is 11.2 Å². The number of carbonyl (C=O) groups excluding carboxylic acids is 2. The maximum atomic E-state index is 13.3. The summed E-state index contributed by atoms with van der Waals surface area (Å²) in [6.45, 7) is 3.63. The second-order valence-electron chi connectivity index (χ2n) is 8.91. The smallest absolute Gasteiger partial charge is 0.308 e. The molecule has 1 aromatic heterocycles. The van der Waals surface area contributed by atoms with E-state index in [-0.39, 0.29) is 29.5 Å². The lowest BCUT2D eigenvalue weighted by molar-refractivity contribution is -0.149. The van der Waals surface area contributed by atoms with Crippen molar-refractivity contribution in [2.24, 2.45) is 11.8 Å². The van der Waals surface area contributed by atoms with Crippen molar-refractivity contribution < 1.29 is 18.7 Å². The van der Waals surface area contributed by atoms with Crippen molar-refractivity contribution in [1.82, 2.24) is 14.7 Å². The van der Waals surface area contributed by atoms with Crippen LogP contribution in [0.25, 0.3) is 0 Å². The van der Waals surface area contributed by atoms with Gasteiger partial charge in [0, 0.05) is 18.5 Å². The fourth-order valence-corrected chi connectivity index (χ4v) is 4.91. The predicted octanol–water partition coefficient (Wildman–Crippen LogP) is 3.59. The molecule has 2 aromatic rings. The van der Waals surface area contributed by atoms with Crippen LogP contribution in [-0.2, 0) is 33.8 Å². The number of aromatic nitrogens is 2. The van der Waals surface area contributed by atoms with Crippen LogP contribution >= 0.6 is 0 Å². The summed E-state index contributed by atoms with van der Waals surface area (Å²) < 4.78 is 20.2. The lowest BCUT2D eigenvalue weighted by Crippen LogP contribution is -2.38. The lowest BCUT2D eigenvalue weighted by atomic mass is 9.80. The molecule has 0 saturated heterocycles. The first-order valence-electron chi connectivity index (χ1n) is 11.7. The van der Waals surface area contributed by atoms with Gasteiger partial charge in [0.2, 0.25) is 5.91 Å². The van der Waals surface area contributed by atoms with Crippen LogP contribution < -0.4 is 0 Å². The molecule has 1 aliphatic heterocycles. The van der Waals surface area contributed by atoms with Crippen LogP contribution in [0.2, 0.25) is 0 Å². The van der Waals surface area contributed by atoms with Gasteiger partial charge in [0.1, 0.15) is 11.9 Å². The van der Waals surface area contributed by atoms with Gasteiger partial charge in [-0.1, -0.05) is 12.1 Å². The molecular weight excluding hydrogens is 423 g/mol. The van der Waals surface area contributed by atoms with Gasteiger partial charge in [-0.15, -0.1) is 0 Å². The van der Waals surface area contributed by atoms with Gasteiger partial charge in [0.05, 0.1) is 31.3 Å². The van der Waals surface area contributed by atoms with Gasteiger partial charge in [-0.25, -0.2) is 4.39 Å². The Bertz CT molecular complexity index is 1050. The first-order chi connectivity index (χ1) is 16.0. The van der Waals surface area contributed by atoms with Gasteiger partial charge >= 0.3 is 5.97 Å². The van der Waals surface area contributed by atoms with E-state index in [1.807, 2.05) is 11.8 Å². The van der Waals surface area contributed by atoms with Crippen molar-refractivity contribution in [3.8, 4) is 6.07 Å². The third-order valence-corrected chi connectivity index (χ3v) is 6.77. The van der Waals surface area contributed by atoms with E-state index in [1.54, 1.807) is 16.8 Å². The molecular formula is C25H29FN4O3. The van der Waals surface area contributed by atoms with Gasteiger partial charge in [-0.05, 0) is 62.6 Å². The topological polar surface area (TPSA) is 88.2 Å². The Morgan fingerprint density at radius 2 is 1.94 bits per heavy atom. The zero-order chi connectivity index (χ0) is 23.4. The Morgan fingerprint density at radius 1 is 1.21 bits per heavy atom. The Kier molecular flexibility index (Phi) is 7.07. The number of esters is 1. The Hall–Kier alpha value is -3.21. The molecule has 0 spiro atoms. The van der Waals surface area contributed by atoms with Crippen molar-refractivity contribution in [2.45, 2.75) is 58.5 Å². The lowest BCUT2D eigenvalue weighted by Gasteiger charge is -2.31. The summed E-state index contributed by atoms with van der Waals surface area (Å²) in [6, 6.07) is 8.39. The number of nitrogens with zero attached hydrogens (tertiary/aromatic N) is 4. The normalized spacial score (nSPS) is 20.1. The zero-order valence-electron chi connectivity index (χ0n) is 18.9. The Morgan fingerprint density at radius 3 is 2.61 bits per heavy atom. The standard InChI is InChI=1S/C25H29FN4O3/c1-2-33-25(32)19-7-3-17(4-8-19)13-24(31)29-12-11-21-22(14-27)28-30(23(21)16-29)15-18-5-9-20(26)10-6-18/h5-6,9-10,17,19H,2-4,7-8,11-13,15-16H2,1H3/t17-,19-. The van der Waals surface area contributed by atoms with E-state index in [0.29, 0.717) is 44.8 Å². The molecule has 4 rings (SSSR count). The van der Waals surface area contributed by atoms with Crippen LogP contribution in [0.15, 0.2) is 24.3 Å². The van der Waals surface area contributed by atoms with Gasteiger partial charge < -0.3 is 9.64 Å². The van der Waals surface area contributed by atoms with Gasteiger partial charge in [-0.2, -0.15) is 10.4 Å². The molecule has 0 N–H and O–H groups in total. The number of carbonyl (C=O) groups is 2. The fourth-order valence-electron chi connectivity index (χ4n) is 4.91. The quantitative estimate of drug-likeness (QED) is 0.625. The van der Waals surface area contributed by atoms with Crippen LogP contribution in [0.3, 0.4) is 0 Å². The first-order valence-corrected chi connectivity index (χ1v) is 11.7. The summed E-state index contributed by atoms with van der Waals surface area (Å²) >= 11 is 0. The van der Waals surface area contributed by atoms with E-state index in [1.165, 1.54) is 12.1 Å². The molecule has 0 atom stereocenters. The van der Waals surface area contributed by atoms with E-state index >= 15 is 0 Å². The SMILES string of the molecule is CCOC(=O)[C@H]1CC[C@H](CC(=O)N2CCc3c(C#N)nn(Cc4ccc(F)cc4)c3C2)CC1. The molecule has 2 aliphatic rings. The highest BCUT2D eigenvalue weighted by molar-refractivity contribution is 5.77. The van der Waals surface area contributed by atoms with E-state index in [4.69, 9.17) is 4.74 Å². The number of rotatable bonds is 6. The Balaban J connectivity index is 1.39. The van der Waals surface area contributed by atoms with Gasteiger partial charge in [0.25, 0.3) is 0 Å². The number of halogens is 1. The summed E-state index contributed by atoms with van der Waals surface area (Å²) in [4.78, 5) is 26.9. The van der Waals surface area contributed by atoms with Crippen molar-refractivity contribution in [3.05, 3.63) is 52.6 Å². The summed E-state index contributed by atoms with van der Waals surface area (Å²) in [5, 5.41) is 14.0. The monoisotopic (exact) mass is 452 g/mol. The molecule has 0 unspecified atom stereocenters. The number of ether oxygens (including phenoxy) is 1. The number of fused-ring (bicyclic) bond motifs is 1. The number of nitriles is 1. The largest absolute Gasteiger partial charge is 0.466 e. The van der Waals surface area contributed by atoms with Crippen LogP contribution in [0.4, 0.5) is 4.39 Å². The van der Waals surface area contributed by atoms with Crippen molar-refractivity contribution >= 4 is 11.9 Å². The first kappa shape index (κ1) is 23.0. The molecule has 1 saturated carbocycles. The maximum Gasteiger partial charge on any atom is 0.308 e. The second kappa shape index (κ2) is 10.2. The molecule has 33 heavy (non-hydrogen) atoms. The second-order valence-corrected chi connectivity index (χ2v) is 8.91. The summed E-state index contributed by atoms with van der Waals surface area (Å²) in [5.74, 6) is -0.0729. The molecule has 1 aromatic carbocycles. The van der Waals surface area contributed by atoms with E-state index in [9.17, 15) is 19.2 Å². The van der Waals surface area contributed by atoms with Crippen LogP contribution in [0.1, 0.15) is 61.5 Å². The highest BCUT2D eigenvalue weighted by Gasteiger charge is 2.31. The molecule has 174 valence electrons. The van der Waals surface area contributed by atoms with Crippen LogP contribution in [0.5, 0.6) is 0 Å².